The SMILES string of the molecule is Cc1sc2c(c1C)C(c1ccc(Cl)cc1)=N[C@@H](CC(=O)NCCCN1CCN(C(=O)CCCCCNC(=O)OC(C)(C)C)CC1)c1nnc(C)n1-2. The number of fused-ring (bicyclic) bond motifs is 3. The number of piperazine rings is 1. The molecule has 0 radical (unpaired) electrons. The minimum absolute atomic E-state index is 0.0828. The molecule has 0 spiro atoms. The van der Waals surface area contributed by atoms with Gasteiger partial charge < -0.3 is 20.3 Å². The molecule has 2 aromatic heterocycles. The molecule has 2 aliphatic heterocycles. The number of halogens is 1. The van der Waals surface area contributed by atoms with Crippen molar-refractivity contribution in [1.82, 2.24) is 35.2 Å². The van der Waals surface area contributed by atoms with Crippen molar-refractivity contribution in [1.29, 1.82) is 0 Å². The predicted molar refractivity (Wildman–Crippen MR) is 201 cm³/mol. The largest absolute Gasteiger partial charge is 0.444 e. The van der Waals surface area contributed by atoms with Crippen LogP contribution in [0.5, 0.6) is 0 Å². The normalized spacial score (nSPS) is 16.2. The smallest absolute Gasteiger partial charge is 0.407 e. The highest BCUT2D eigenvalue weighted by atomic mass is 35.5. The van der Waals surface area contributed by atoms with Crippen molar-refractivity contribution >= 4 is 46.6 Å². The van der Waals surface area contributed by atoms with Gasteiger partial charge in [-0.05, 0) is 85.0 Å². The summed E-state index contributed by atoms with van der Waals surface area (Å²) in [4.78, 5) is 48.5. The second kappa shape index (κ2) is 17.1. The molecule has 276 valence electrons. The molecule has 1 saturated heterocycles. The van der Waals surface area contributed by atoms with E-state index in [-0.39, 0.29) is 18.2 Å². The third kappa shape index (κ3) is 10.2. The lowest BCUT2D eigenvalue weighted by molar-refractivity contribution is -0.133. The molecule has 12 nitrogen and oxygen atoms in total. The summed E-state index contributed by atoms with van der Waals surface area (Å²) in [7, 11) is 0. The number of aryl methyl sites for hydroxylation is 2. The Balaban J connectivity index is 1.06. The first-order chi connectivity index (χ1) is 24.3. The van der Waals surface area contributed by atoms with Crippen molar-refractivity contribution < 1.29 is 19.1 Å². The number of benzene rings is 1. The monoisotopic (exact) mass is 738 g/mol. The Morgan fingerprint density at radius 1 is 0.941 bits per heavy atom. The van der Waals surface area contributed by atoms with Crippen LogP contribution in [0.4, 0.5) is 4.79 Å². The number of nitrogens with one attached hydrogen (secondary N) is 2. The van der Waals surface area contributed by atoms with Crippen molar-refractivity contribution in [3.63, 3.8) is 0 Å². The molecule has 0 saturated carbocycles. The predicted octanol–water partition coefficient (Wildman–Crippen LogP) is 5.93. The molecule has 1 atom stereocenters. The Morgan fingerprint density at radius 2 is 1.65 bits per heavy atom. The first-order valence-corrected chi connectivity index (χ1v) is 19.1. The zero-order chi connectivity index (χ0) is 36.7. The summed E-state index contributed by atoms with van der Waals surface area (Å²) >= 11 is 7.91. The van der Waals surface area contributed by atoms with E-state index in [9.17, 15) is 14.4 Å². The number of alkyl carbamates (subject to hydrolysis) is 1. The molecular weight excluding hydrogens is 688 g/mol. The zero-order valence-electron chi connectivity index (χ0n) is 30.7. The molecule has 3 aromatic rings. The number of hydrogen-bond donors (Lipinski definition) is 2. The Labute approximate surface area is 310 Å². The number of hydrogen-bond acceptors (Lipinski definition) is 9. The molecule has 14 heteroatoms. The topological polar surface area (TPSA) is 134 Å². The minimum Gasteiger partial charge on any atom is -0.444 e. The number of ether oxygens (including phenoxy) is 1. The summed E-state index contributed by atoms with van der Waals surface area (Å²) in [5.74, 6) is 1.53. The summed E-state index contributed by atoms with van der Waals surface area (Å²) < 4.78 is 7.30. The van der Waals surface area contributed by atoms with E-state index >= 15 is 0 Å². The Morgan fingerprint density at radius 3 is 2.35 bits per heavy atom. The number of thiophene rings is 1. The van der Waals surface area contributed by atoms with Crippen LogP contribution in [0.25, 0.3) is 5.00 Å². The van der Waals surface area contributed by atoms with Crippen LogP contribution in [0.3, 0.4) is 0 Å². The van der Waals surface area contributed by atoms with E-state index in [1.54, 1.807) is 11.3 Å². The Bertz CT molecular complexity index is 1720. The summed E-state index contributed by atoms with van der Waals surface area (Å²) in [6.45, 7) is 16.7. The summed E-state index contributed by atoms with van der Waals surface area (Å²) in [5, 5.41) is 16.4. The number of rotatable bonds is 13. The van der Waals surface area contributed by atoms with E-state index in [0.29, 0.717) is 43.4 Å². The van der Waals surface area contributed by atoms with Crippen LogP contribution < -0.4 is 10.6 Å². The van der Waals surface area contributed by atoms with E-state index in [4.69, 9.17) is 21.3 Å². The number of unbranched alkanes of at least 4 members (excludes halogenated alkanes) is 2. The average molecular weight is 739 g/mol. The van der Waals surface area contributed by atoms with Crippen LogP contribution in [0, 0.1) is 20.8 Å². The van der Waals surface area contributed by atoms with E-state index in [2.05, 4.69) is 44.1 Å². The van der Waals surface area contributed by atoms with Gasteiger partial charge in [0.25, 0.3) is 0 Å². The second-order valence-corrected chi connectivity index (χ2v) is 15.9. The molecule has 4 heterocycles. The van der Waals surface area contributed by atoms with Gasteiger partial charge in [-0.3, -0.25) is 24.0 Å². The highest BCUT2D eigenvalue weighted by Gasteiger charge is 2.32. The average Bonchev–Trinajstić information content (AvgIpc) is 3.56. The molecule has 0 aliphatic carbocycles. The van der Waals surface area contributed by atoms with Crippen molar-refractivity contribution in [2.75, 3.05) is 45.8 Å². The Hall–Kier alpha value is -3.81. The number of aliphatic imine (C=N–C) groups is 1. The Kier molecular flexibility index (Phi) is 12.9. The van der Waals surface area contributed by atoms with E-state index in [0.717, 1.165) is 78.5 Å². The quantitative estimate of drug-likeness (QED) is 0.208. The lowest BCUT2D eigenvalue weighted by Gasteiger charge is -2.34. The van der Waals surface area contributed by atoms with E-state index in [1.807, 2.05) is 56.9 Å². The number of aromatic nitrogens is 3. The fraction of sp³-hybridized carbons (Fsp3) is 0.568. The number of carbonyl (C=O) groups excluding carboxylic acids is 3. The van der Waals surface area contributed by atoms with Crippen molar-refractivity contribution in [3.8, 4) is 5.00 Å². The molecule has 51 heavy (non-hydrogen) atoms. The van der Waals surface area contributed by atoms with Crippen LogP contribution in [-0.2, 0) is 14.3 Å². The van der Waals surface area contributed by atoms with Gasteiger partial charge in [0, 0.05) is 66.7 Å². The van der Waals surface area contributed by atoms with Gasteiger partial charge in [-0.15, -0.1) is 21.5 Å². The van der Waals surface area contributed by atoms with Gasteiger partial charge in [-0.1, -0.05) is 30.2 Å². The van der Waals surface area contributed by atoms with E-state index < -0.39 is 17.7 Å². The summed E-state index contributed by atoms with van der Waals surface area (Å²) in [6.07, 6.45) is 3.57. The third-order valence-electron chi connectivity index (χ3n) is 9.17. The van der Waals surface area contributed by atoms with Gasteiger partial charge in [0.2, 0.25) is 11.8 Å². The van der Waals surface area contributed by atoms with Crippen LogP contribution >= 0.6 is 22.9 Å². The maximum atomic E-state index is 13.3. The maximum Gasteiger partial charge on any atom is 0.407 e. The maximum absolute atomic E-state index is 13.3. The molecule has 0 bridgehead atoms. The second-order valence-electron chi connectivity index (χ2n) is 14.3. The fourth-order valence-electron chi connectivity index (χ4n) is 6.37. The van der Waals surface area contributed by atoms with Crippen LogP contribution in [0.2, 0.25) is 5.02 Å². The van der Waals surface area contributed by atoms with E-state index in [1.165, 1.54) is 4.88 Å². The molecule has 2 aliphatic rings. The van der Waals surface area contributed by atoms with Gasteiger partial charge in [0.05, 0.1) is 12.1 Å². The lowest BCUT2D eigenvalue weighted by atomic mass is 9.99. The summed E-state index contributed by atoms with van der Waals surface area (Å²) in [5.41, 5.74) is 3.45. The first kappa shape index (κ1) is 38.4. The highest BCUT2D eigenvalue weighted by molar-refractivity contribution is 7.15. The molecular formula is C37H51ClN8O4S. The number of amides is 3. The number of carbonyl (C=O) groups is 3. The first-order valence-electron chi connectivity index (χ1n) is 17.9. The fourth-order valence-corrected chi connectivity index (χ4v) is 7.71. The van der Waals surface area contributed by atoms with Crippen molar-refractivity contribution in [2.45, 2.75) is 91.7 Å². The molecule has 2 N–H and O–H groups in total. The molecule has 0 unspecified atom stereocenters. The summed E-state index contributed by atoms with van der Waals surface area (Å²) in [6, 6.07) is 7.17. The van der Waals surface area contributed by atoms with Crippen molar-refractivity contribution in [3.05, 3.63) is 62.5 Å². The molecule has 5 rings (SSSR count). The van der Waals surface area contributed by atoms with Crippen LogP contribution in [0.1, 0.15) is 98.6 Å². The van der Waals surface area contributed by atoms with Gasteiger partial charge in [0.1, 0.15) is 22.5 Å². The van der Waals surface area contributed by atoms with Gasteiger partial charge in [0.15, 0.2) is 5.82 Å². The third-order valence-corrected chi connectivity index (χ3v) is 10.6. The van der Waals surface area contributed by atoms with Gasteiger partial charge in [-0.2, -0.15) is 0 Å². The molecule has 1 fully saturated rings. The van der Waals surface area contributed by atoms with Crippen molar-refractivity contribution in [2.24, 2.45) is 4.99 Å². The zero-order valence-corrected chi connectivity index (χ0v) is 32.3. The minimum atomic E-state index is -0.509. The van der Waals surface area contributed by atoms with Crippen LogP contribution in [0.15, 0.2) is 29.3 Å². The highest BCUT2D eigenvalue weighted by Crippen LogP contribution is 2.39. The molecule has 1 aromatic carbocycles. The lowest BCUT2D eigenvalue weighted by Crippen LogP contribution is -2.49. The van der Waals surface area contributed by atoms with Crippen LogP contribution in [-0.4, -0.2) is 99.6 Å². The number of nitrogens with zero attached hydrogens (tertiary/aromatic N) is 6. The standard InChI is InChI=1S/C37H51ClN8O4S/c1-24-25(2)51-35-32(24)33(27-12-14-28(38)15-13-27)41-29(34-43-42-26(3)46(34)35)23-30(47)39-17-10-18-44-19-21-45(22-20-44)31(48)11-8-7-9-16-40-36(49)50-37(4,5)6/h12-15,29H,7-11,16-23H2,1-6H3,(H,39,47)(H,40,49)/t29-/m0/s1. The molecule has 3 amide bonds. The van der Waals surface area contributed by atoms with Gasteiger partial charge >= 0.3 is 6.09 Å². The van der Waals surface area contributed by atoms with Gasteiger partial charge in [-0.25, -0.2) is 4.79 Å².